The first-order valence-electron chi connectivity index (χ1n) is 8.77. The summed E-state index contributed by atoms with van der Waals surface area (Å²) in [6.45, 7) is 11.5. The van der Waals surface area contributed by atoms with Crippen molar-refractivity contribution in [1.82, 2.24) is 5.32 Å². The highest BCUT2D eigenvalue weighted by Crippen LogP contribution is 2.44. The van der Waals surface area contributed by atoms with Crippen LogP contribution in [0.2, 0.25) is 0 Å². The van der Waals surface area contributed by atoms with Crippen LogP contribution in [-0.2, 0) is 0 Å². The Morgan fingerprint density at radius 1 is 0.905 bits per heavy atom. The molecular formula is C20H31N. The highest BCUT2D eigenvalue weighted by molar-refractivity contribution is 5.46. The molecule has 0 amide bonds. The van der Waals surface area contributed by atoms with Crippen LogP contribution in [0.15, 0.2) is 6.07 Å². The van der Waals surface area contributed by atoms with E-state index in [1.54, 1.807) is 5.56 Å². The summed E-state index contributed by atoms with van der Waals surface area (Å²) < 4.78 is 0. The molecule has 1 aromatic rings. The van der Waals surface area contributed by atoms with Crippen molar-refractivity contribution in [3.8, 4) is 0 Å². The van der Waals surface area contributed by atoms with Gasteiger partial charge in [0.05, 0.1) is 0 Å². The van der Waals surface area contributed by atoms with Gasteiger partial charge in [0.25, 0.3) is 0 Å². The minimum atomic E-state index is 0.453. The van der Waals surface area contributed by atoms with Gasteiger partial charge in [0.15, 0.2) is 0 Å². The zero-order valence-corrected chi connectivity index (χ0v) is 14.5. The summed E-state index contributed by atoms with van der Waals surface area (Å²) in [6, 6.07) is 2.96. The highest BCUT2D eigenvalue weighted by Gasteiger charge is 2.41. The lowest BCUT2D eigenvalue weighted by Gasteiger charge is -2.37. The first kappa shape index (κ1) is 15.1. The van der Waals surface area contributed by atoms with Crippen LogP contribution in [0.5, 0.6) is 0 Å². The smallest absolute Gasteiger partial charge is 0.0331 e. The van der Waals surface area contributed by atoms with Crippen LogP contribution >= 0.6 is 0 Å². The molecule has 1 aliphatic heterocycles. The first-order chi connectivity index (χ1) is 9.92. The van der Waals surface area contributed by atoms with E-state index in [-0.39, 0.29) is 0 Å². The van der Waals surface area contributed by atoms with Crippen molar-refractivity contribution in [1.29, 1.82) is 0 Å². The van der Waals surface area contributed by atoms with Gasteiger partial charge >= 0.3 is 0 Å². The maximum Gasteiger partial charge on any atom is 0.0331 e. The summed E-state index contributed by atoms with van der Waals surface area (Å²) in [4.78, 5) is 0. The van der Waals surface area contributed by atoms with Crippen LogP contribution in [0.1, 0.15) is 79.3 Å². The molecule has 2 aliphatic rings. The van der Waals surface area contributed by atoms with E-state index >= 15 is 0 Å². The maximum atomic E-state index is 4.07. The largest absolute Gasteiger partial charge is 0.304 e. The molecule has 3 rings (SSSR count). The Balaban J connectivity index is 1.85. The predicted octanol–water partition coefficient (Wildman–Crippen LogP) is 5.29. The number of hydrogen-bond acceptors (Lipinski definition) is 1. The van der Waals surface area contributed by atoms with E-state index in [0.717, 1.165) is 5.92 Å². The second-order valence-corrected chi connectivity index (χ2v) is 7.87. The van der Waals surface area contributed by atoms with E-state index in [9.17, 15) is 0 Å². The molecule has 1 N–H and O–H groups in total. The molecule has 1 heterocycles. The van der Waals surface area contributed by atoms with Gasteiger partial charge in [-0.25, -0.2) is 0 Å². The SMILES string of the molecule is Cc1cc(C)c(C2CCC3(CCC(C)CC3)N2)c(C)c1C. The number of aryl methyl sites for hydroxylation is 2. The van der Waals surface area contributed by atoms with Crippen LogP contribution in [-0.4, -0.2) is 5.54 Å². The topological polar surface area (TPSA) is 12.0 Å². The van der Waals surface area contributed by atoms with Crippen molar-refractivity contribution in [2.24, 2.45) is 5.92 Å². The standard InChI is InChI=1S/C20H31N/c1-13-6-9-20(10-7-13)11-8-18(21-20)19-15(3)12-14(2)16(4)17(19)5/h12-13,18,21H,6-11H2,1-5H3. The molecule has 21 heavy (non-hydrogen) atoms. The zero-order valence-electron chi connectivity index (χ0n) is 14.5. The van der Waals surface area contributed by atoms with Crippen LogP contribution < -0.4 is 5.32 Å². The second-order valence-electron chi connectivity index (χ2n) is 7.87. The van der Waals surface area contributed by atoms with E-state index in [0.29, 0.717) is 11.6 Å². The lowest BCUT2D eigenvalue weighted by molar-refractivity contribution is 0.213. The van der Waals surface area contributed by atoms with Gasteiger partial charge < -0.3 is 5.32 Å². The normalized spacial score (nSPS) is 32.8. The lowest BCUT2D eigenvalue weighted by Crippen LogP contribution is -2.43. The van der Waals surface area contributed by atoms with E-state index in [1.807, 2.05) is 0 Å². The van der Waals surface area contributed by atoms with E-state index in [4.69, 9.17) is 0 Å². The Bertz CT molecular complexity index is 535. The highest BCUT2D eigenvalue weighted by atomic mass is 15.0. The Labute approximate surface area is 130 Å². The summed E-state index contributed by atoms with van der Waals surface area (Å²) in [5, 5.41) is 4.07. The minimum Gasteiger partial charge on any atom is -0.304 e. The van der Waals surface area contributed by atoms with Gasteiger partial charge in [-0.2, -0.15) is 0 Å². The van der Waals surface area contributed by atoms with E-state index in [2.05, 4.69) is 46.0 Å². The van der Waals surface area contributed by atoms with Crippen LogP contribution in [0.3, 0.4) is 0 Å². The molecule has 0 radical (unpaired) electrons. The molecule has 1 aliphatic carbocycles. The number of benzene rings is 1. The molecule has 1 spiro atoms. The average molecular weight is 285 g/mol. The monoisotopic (exact) mass is 285 g/mol. The number of hydrogen-bond donors (Lipinski definition) is 1. The summed E-state index contributed by atoms with van der Waals surface area (Å²) in [5.41, 5.74) is 7.96. The molecule has 1 unspecified atom stereocenters. The Hall–Kier alpha value is -0.820. The van der Waals surface area contributed by atoms with Gasteiger partial charge in [0.1, 0.15) is 0 Å². The zero-order chi connectivity index (χ0) is 15.2. The molecule has 1 heteroatoms. The fraction of sp³-hybridized carbons (Fsp3) is 0.700. The van der Waals surface area contributed by atoms with Crippen LogP contribution in [0.4, 0.5) is 0 Å². The second kappa shape index (κ2) is 5.43. The average Bonchev–Trinajstić information content (AvgIpc) is 2.84. The van der Waals surface area contributed by atoms with Crippen molar-refractivity contribution >= 4 is 0 Å². The first-order valence-corrected chi connectivity index (χ1v) is 8.77. The molecule has 1 atom stereocenters. The summed E-state index contributed by atoms with van der Waals surface area (Å²) in [7, 11) is 0. The molecule has 1 aromatic carbocycles. The third-order valence-corrected chi connectivity index (χ3v) is 6.39. The Morgan fingerprint density at radius 3 is 2.19 bits per heavy atom. The third-order valence-electron chi connectivity index (χ3n) is 6.39. The van der Waals surface area contributed by atoms with Crippen LogP contribution in [0, 0.1) is 33.6 Å². The fourth-order valence-corrected chi connectivity index (χ4v) is 4.70. The van der Waals surface area contributed by atoms with Gasteiger partial charge in [-0.15, -0.1) is 0 Å². The molecule has 1 nitrogen and oxygen atoms in total. The van der Waals surface area contributed by atoms with Crippen molar-refractivity contribution in [3.63, 3.8) is 0 Å². The molecule has 0 bridgehead atoms. The molecule has 1 saturated heterocycles. The minimum absolute atomic E-state index is 0.453. The Kier molecular flexibility index (Phi) is 3.90. The quantitative estimate of drug-likeness (QED) is 0.739. The summed E-state index contributed by atoms with van der Waals surface area (Å²) in [6.07, 6.45) is 8.27. The van der Waals surface area contributed by atoms with Crippen LogP contribution in [0.25, 0.3) is 0 Å². The molecule has 0 aromatic heterocycles. The van der Waals surface area contributed by atoms with Gasteiger partial charge in [-0.05, 0) is 100.0 Å². The molecule has 2 fully saturated rings. The fourth-order valence-electron chi connectivity index (χ4n) is 4.70. The molecule has 1 saturated carbocycles. The van der Waals surface area contributed by atoms with Gasteiger partial charge in [-0.3, -0.25) is 0 Å². The van der Waals surface area contributed by atoms with Gasteiger partial charge in [0, 0.05) is 11.6 Å². The maximum absolute atomic E-state index is 4.07. The summed E-state index contributed by atoms with van der Waals surface area (Å²) in [5.74, 6) is 0.932. The van der Waals surface area contributed by atoms with Crippen molar-refractivity contribution in [2.45, 2.75) is 84.7 Å². The molecular weight excluding hydrogens is 254 g/mol. The van der Waals surface area contributed by atoms with Crippen molar-refractivity contribution in [2.75, 3.05) is 0 Å². The Morgan fingerprint density at radius 2 is 1.52 bits per heavy atom. The number of nitrogens with one attached hydrogen (secondary N) is 1. The van der Waals surface area contributed by atoms with E-state index < -0.39 is 0 Å². The van der Waals surface area contributed by atoms with E-state index in [1.165, 1.54) is 60.8 Å². The van der Waals surface area contributed by atoms with Gasteiger partial charge in [-0.1, -0.05) is 13.0 Å². The van der Waals surface area contributed by atoms with Crippen molar-refractivity contribution < 1.29 is 0 Å². The third kappa shape index (κ3) is 2.65. The number of rotatable bonds is 1. The summed E-state index contributed by atoms with van der Waals surface area (Å²) >= 11 is 0. The lowest BCUT2D eigenvalue weighted by atomic mass is 9.76. The van der Waals surface area contributed by atoms with Gasteiger partial charge in [0.2, 0.25) is 0 Å². The predicted molar refractivity (Wildman–Crippen MR) is 90.9 cm³/mol. The molecule has 116 valence electrons. The van der Waals surface area contributed by atoms with Crippen molar-refractivity contribution in [3.05, 3.63) is 33.9 Å².